The zero-order valence-electron chi connectivity index (χ0n) is 16.4. The van der Waals surface area contributed by atoms with Crippen molar-refractivity contribution < 1.29 is 83.7 Å². The van der Waals surface area contributed by atoms with Gasteiger partial charge in [0, 0.05) is 35.1 Å². The van der Waals surface area contributed by atoms with Crippen LogP contribution in [-0.2, 0) is 14.4 Å². The molecule has 0 radical (unpaired) electrons. The van der Waals surface area contributed by atoms with Crippen molar-refractivity contribution in [3.8, 4) is 0 Å². The fourth-order valence-corrected chi connectivity index (χ4v) is 1.42. The van der Waals surface area contributed by atoms with E-state index in [9.17, 15) is 24.6 Å². The molecule has 0 bridgehead atoms. The van der Waals surface area contributed by atoms with Gasteiger partial charge in [0.15, 0.2) is 0 Å². The van der Waals surface area contributed by atoms with Gasteiger partial charge in [-0.3, -0.25) is 4.79 Å². The number of hydrogen-bond donors (Lipinski definition) is 2. The summed E-state index contributed by atoms with van der Waals surface area (Å²) in [4.78, 5) is 32.2. The van der Waals surface area contributed by atoms with Gasteiger partial charge in [0.25, 0.3) is 0 Å². The van der Waals surface area contributed by atoms with Crippen LogP contribution in [0.25, 0.3) is 0 Å². The molecule has 0 saturated heterocycles. The Morgan fingerprint density at radius 1 is 0.962 bits per heavy atom. The van der Waals surface area contributed by atoms with E-state index < -0.39 is 23.8 Å². The quantitative estimate of drug-likeness (QED) is 0.371. The second kappa shape index (κ2) is 15.5. The Balaban J connectivity index is -0.000000507. The predicted molar refractivity (Wildman–Crippen MR) is 87.3 cm³/mol. The number of amides is 1. The van der Waals surface area contributed by atoms with Gasteiger partial charge >= 0.3 is 59.1 Å². The Hall–Kier alpha value is -0.570. The minimum Gasteiger partial charge on any atom is -0.550 e. The molecule has 1 aromatic rings. The first-order valence-electron chi connectivity index (χ1n) is 7.68. The Morgan fingerprint density at radius 3 is 1.73 bits per heavy atom. The summed E-state index contributed by atoms with van der Waals surface area (Å²) in [6.07, 6.45) is 0.655. The van der Waals surface area contributed by atoms with Crippen LogP contribution in [0.15, 0.2) is 24.3 Å². The van der Waals surface area contributed by atoms with Crippen molar-refractivity contribution in [2.24, 2.45) is 17.8 Å². The SMILES string of the molecule is CC(C(=O)[O-])C(C)C(=O)Nc1ccc(N)cc1.CCC(C)C(=O)[O-].[Na+].[Na+]. The third-order valence-corrected chi connectivity index (χ3v) is 3.73. The van der Waals surface area contributed by atoms with Crippen LogP contribution >= 0.6 is 0 Å². The second-order valence-corrected chi connectivity index (χ2v) is 5.64. The van der Waals surface area contributed by atoms with Crippen LogP contribution in [0.5, 0.6) is 0 Å². The molecule has 0 fully saturated rings. The summed E-state index contributed by atoms with van der Waals surface area (Å²) in [5, 5.41) is 23.1. The minimum atomic E-state index is -1.23. The van der Waals surface area contributed by atoms with E-state index in [-0.39, 0.29) is 70.9 Å². The van der Waals surface area contributed by atoms with Gasteiger partial charge in [0.05, 0.1) is 0 Å². The average molecular weight is 382 g/mol. The summed E-state index contributed by atoms with van der Waals surface area (Å²) >= 11 is 0. The number of aliphatic carboxylic acids is 2. The van der Waals surface area contributed by atoms with Crippen LogP contribution < -0.4 is 80.4 Å². The smallest absolute Gasteiger partial charge is 0.550 e. The Kier molecular flexibility index (Phi) is 18.0. The minimum absolute atomic E-state index is 0. The maximum Gasteiger partial charge on any atom is 1.00 e. The first kappa shape index (κ1) is 30.2. The van der Waals surface area contributed by atoms with Gasteiger partial charge in [-0.1, -0.05) is 27.7 Å². The van der Waals surface area contributed by atoms with E-state index in [4.69, 9.17) is 5.73 Å². The number of rotatable bonds is 6. The van der Waals surface area contributed by atoms with Gasteiger partial charge in [0.2, 0.25) is 5.91 Å². The number of nitrogen functional groups attached to an aromatic ring is 1. The molecule has 0 aliphatic rings. The number of carboxylic acids is 2. The fourth-order valence-electron chi connectivity index (χ4n) is 1.42. The van der Waals surface area contributed by atoms with Crippen LogP contribution in [0.1, 0.15) is 34.1 Å². The van der Waals surface area contributed by atoms with E-state index in [0.717, 1.165) is 0 Å². The van der Waals surface area contributed by atoms with E-state index in [1.807, 2.05) is 6.92 Å². The molecule has 134 valence electrons. The number of carbonyl (C=O) groups is 3. The third-order valence-electron chi connectivity index (χ3n) is 3.73. The van der Waals surface area contributed by atoms with Crippen LogP contribution in [0.4, 0.5) is 11.4 Å². The molecule has 0 saturated carbocycles. The largest absolute Gasteiger partial charge is 1.00 e. The maximum atomic E-state index is 11.7. The summed E-state index contributed by atoms with van der Waals surface area (Å²) in [5.41, 5.74) is 6.69. The maximum absolute atomic E-state index is 11.7. The number of nitrogens with one attached hydrogen (secondary N) is 1. The van der Waals surface area contributed by atoms with Crippen LogP contribution in [0.3, 0.4) is 0 Å². The molecule has 0 heterocycles. The normalized spacial score (nSPS) is 12.6. The summed E-state index contributed by atoms with van der Waals surface area (Å²) < 4.78 is 0. The van der Waals surface area contributed by atoms with E-state index in [1.54, 1.807) is 38.1 Å². The van der Waals surface area contributed by atoms with Gasteiger partial charge in [-0.15, -0.1) is 0 Å². The Labute approximate surface area is 198 Å². The monoisotopic (exact) mass is 382 g/mol. The van der Waals surface area contributed by atoms with Crippen molar-refractivity contribution in [3.63, 3.8) is 0 Å². The summed E-state index contributed by atoms with van der Waals surface area (Å²) in [7, 11) is 0. The molecule has 26 heavy (non-hydrogen) atoms. The van der Waals surface area contributed by atoms with E-state index >= 15 is 0 Å². The summed E-state index contributed by atoms with van der Waals surface area (Å²) in [6.45, 7) is 6.45. The number of benzene rings is 1. The Bertz CT molecular complexity index is 567. The molecular formula is C17H24N2Na2O5. The molecule has 3 atom stereocenters. The van der Waals surface area contributed by atoms with Crippen molar-refractivity contribution in [1.29, 1.82) is 0 Å². The Morgan fingerprint density at radius 2 is 1.42 bits per heavy atom. The third kappa shape index (κ3) is 11.9. The molecule has 1 amide bonds. The van der Waals surface area contributed by atoms with Crippen LogP contribution in [0, 0.1) is 17.8 Å². The predicted octanol–water partition coefficient (Wildman–Crippen LogP) is -5.98. The zero-order chi connectivity index (χ0) is 18.9. The molecule has 9 heteroatoms. The van der Waals surface area contributed by atoms with Gasteiger partial charge in [-0.2, -0.15) is 0 Å². The van der Waals surface area contributed by atoms with Crippen molar-refractivity contribution in [2.75, 3.05) is 11.1 Å². The van der Waals surface area contributed by atoms with Crippen molar-refractivity contribution >= 4 is 29.2 Å². The van der Waals surface area contributed by atoms with Crippen molar-refractivity contribution in [1.82, 2.24) is 0 Å². The van der Waals surface area contributed by atoms with Gasteiger partial charge < -0.3 is 30.9 Å². The van der Waals surface area contributed by atoms with Crippen molar-refractivity contribution in [3.05, 3.63) is 24.3 Å². The molecule has 3 N–H and O–H groups in total. The van der Waals surface area contributed by atoms with E-state index in [0.29, 0.717) is 17.8 Å². The van der Waals surface area contributed by atoms with Gasteiger partial charge in [-0.25, -0.2) is 0 Å². The zero-order valence-corrected chi connectivity index (χ0v) is 20.4. The molecule has 3 unspecified atom stereocenters. The van der Waals surface area contributed by atoms with Gasteiger partial charge in [0.1, 0.15) is 0 Å². The first-order valence-corrected chi connectivity index (χ1v) is 7.68. The van der Waals surface area contributed by atoms with E-state index in [2.05, 4.69) is 5.32 Å². The number of anilines is 2. The standard InChI is InChI=1S/C12H16N2O3.C5H10O2.2Na/c1-7(8(2)12(16)17)11(15)14-10-5-3-9(13)4-6-10;1-3-4(2)5(6)7;;/h3-8H,13H2,1-2H3,(H,14,15)(H,16,17);4H,3H2,1-2H3,(H,6,7);;/q;;2*+1/p-2. The van der Waals surface area contributed by atoms with Crippen LogP contribution in [0.2, 0.25) is 0 Å². The van der Waals surface area contributed by atoms with Crippen molar-refractivity contribution in [2.45, 2.75) is 34.1 Å². The summed E-state index contributed by atoms with van der Waals surface area (Å²) in [6, 6.07) is 6.62. The molecule has 0 spiro atoms. The van der Waals surface area contributed by atoms with Crippen LogP contribution in [-0.4, -0.2) is 17.8 Å². The summed E-state index contributed by atoms with van der Waals surface area (Å²) in [5.74, 6) is -4.32. The van der Waals surface area contributed by atoms with Gasteiger partial charge in [-0.05, 0) is 36.6 Å². The first-order chi connectivity index (χ1) is 11.1. The molecule has 0 aromatic heterocycles. The molecule has 1 aromatic carbocycles. The fraction of sp³-hybridized carbons (Fsp3) is 0.471. The number of hydrogen-bond acceptors (Lipinski definition) is 6. The number of carbonyl (C=O) groups excluding carboxylic acids is 3. The second-order valence-electron chi connectivity index (χ2n) is 5.64. The molecule has 0 aliphatic heterocycles. The average Bonchev–Trinajstić information content (AvgIpc) is 2.54. The van der Waals surface area contributed by atoms with E-state index in [1.165, 1.54) is 6.92 Å². The number of carboxylic acid groups (broad SMARTS) is 2. The topological polar surface area (TPSA) is 135 Å². The molecule has 1 rings (SSSR count). The molecule has 0 aliphatic carbocycles. The molecular weight excluding hydrogens is 358 g/mol. The number of nitrogens with two attached hydrogens (primary N) is 1. The molecule has 7 nitrogen and oxygen atoms in total.